The van der Waals surface area contributed by atoms with Gasteiger partial charge in [-0.25, -0.2) is 4.68 Å². The van der Waals surface area contributed by atoms with Gasteiger partial charge < -0.3 is 10.4 Å². The first-order valence-electron chi connectivity index (χ1n) is 7.03. The summed E-state index contributed by atoms with van der Waals surface area (Å²) in [6.45, 7) is 3.34. The molecular formula is C17H17N3O2. The number of nitrogens with zero attached hydrogens (tertiary/aromatic N) is 2. The third kappa shape index (κ3) is 2.58. The summed E-state index contributed by atoms with van der Waals surface area (Å²) in [6.07, 6.45) is 1.72. The molecule has 1 heterocycles. The molecule has 0 saturated heterocycles. The van der Waals surface area contributed by atoms with Gasteiger partial charge in [-0.3, -0.25) is 4.79 Å². The highest BCUT2D eigenvalue weighted by molar-refractivity contribution is 5.96. The van der Waals surface area contributed by atoms with Crippen molar-refractivity contribution in [2.45, 2.75) is 20.6 Å². The summed E-state index contributed by atoms with van der Waals surface area (Å²) in [6, 6.07) is 11.5. The fraction of sp³-hybridized carbons (Fsp3) is 0.176. The van der Waals surface area contributed by atoms with Gasteiger partial charge in [-0.2, -0.15) is 5.10 Å². The van der Waals surface area contributed by atoms with Gasteiger partial charge in [0, 0.05) is 22.3 Å². The largest absolute Gasteiger partial charge is 0.374 e. The number of aryl methyl sites for hydroxylation is 1. The Morgan fingerprint density at radius 3 is 2.64 bits per heavy atom. The second-order valence-electron chi connectivity index (χ2n) is 5.27. The number of anilines is 2. The van der Waals surface area contributed by atoms with E-state index in [1.54, 1.807) is 13.1 Å². The summed E-state index contributed by atoms with van der Waals surface area (Å²) < 4.78 is 1.53. The number of Topliss-reactive ketones (excluding diaryl/α,β-unsaturated/α-hetero) is 1. The molecule has 1 aromatic heterocycles. The molecule has 0 aliphatic carbocycles. The lowest BCUT2D eigenvalue weighted by Crippen LogP contribution is -1.99. The van der Waals surface area contributed by atoms with Gasteiger partial charge in [0.1, 0.15) is 6.73 Å². The Kier molecular flexibility index (Phi) is 3.65. The number of ketones is 1. The van der Waals surface area contributed by atoms with Crippen LogP contribution >= 0.6 is 0 Å². The first-order valence-corrected chi connectivity index (χ1v) is 7.03. The number of hydrogen-bond acceptors (Lipinski definition) is 4. The van der Waals surface area contributed by atoms with Crippen LogP contribution in [0, 0.1) is 6.92 Å². The molecule has 5 heteroatoms. The molecule has 0 bridgehead atoms. The molecule has 5 nitrogen and oxygen atoms in total. The molecule has 0 saturated carbocycles. The van der Waals surface area contributed by atoms with Crippen molar-refractivity contribution in [1.29, 1.82) is 0 Å². The topological polar surface area (TPSA) is 67.2 Å². The molecule has 112 valence electrons. The van der Waals surface area contributed by atoms with Crippen molar-refractivity contribution in [3.05, 3.63) is 53.7 Å². The molecule has 3 rings (SSSR count). The van der Waals surface area contributed by atoms with Crippen molar-refractivity contribution in [2.24, 2.45) is 0 Å². The minimum absolute atomic E-state index is 0.0670. The molecule has 22 heavy (non-hydrogen) atoms. The van der Waals surface area contributed by atoms with Crippen LogP contribution in [0.5, 0.6) is 0 Å². The number of aromatic nitrogens is 2. The normalized spacial score (nSPS) is 10.9. The summed E-state index contributed by atoms with van der Waals surface area (Å²) in [5, 5.41) is 17.7. The van der Waals surface area contributed by atoms with Crippen LogP contribution in [0.2, 0.25) is 0 Å². The van der Waals surface area contributed by atoms with Crippen LogP contribution in [0.15, 0.2) is 42.6 Å². The number of benzene rings is 2. The molecule has 0 fully saturated rings. The first-order chi connectivity index (χ1) is 10.6. The quantitative estimate of drug-likeness (QED) is 0.725. The Morgan fingerprint density at radius 2 is 1.95 bits per heavy atom. The third-order valence-electron chi connectivity index (χ3n) is 3.67. The van der Waals surface area contributed by atoms with Crippen LogP contribution in [0.25, 0.3) is 10.9 Å². The fourth-order valence-electron chi connectivity index (χ4n) is 2.56. The molecule has 0 aliphatic rings. The molecule has 0 spiro atoms. The average Bonchev–Trinajstić information content (AvgIpc) is 2.89. The average molecular weight is 295 g/mol. The first kappa shape index (κ1) is 14.3. The maximum absolute atomic E-state index is 11.5. The van der Waals surface area contributed by atoms with E-state index in [2.05, 4.69) is 10.4 Å². The van der Waals surface area contributed by atoms with Gasteiger partial charge in [-0.1, -0.05) is 0 Å². The zero-order chi connectivity index (χ0) is 15.7. The van der Waals surface area contributed by atoms with E-state index in [-0.39, 0.29) is 12.5 Å². The van der Waals surface area contributed by atoms with Crippen LogP contribution < -0.4 is 5.32 Å². The van der Waals surface area contributed by atoms with Crippen molar-refractivity contribution < 1.29 is 9.90 Å². The number of aliphatic hydroxyl groups excluding tert-OH is 1. The molecule has 0 atom stereocenters. The van der Waals surface area contributed by atoms with E-state index in [9.17, 15) is 9.90 Å². The fourth-order valence-corrected chi connectivity index (χ4v) is 2.56. The van der Waals surface area contributed by atoms with Crippen molar-refractivity contribution >= 4 is 28.1 Å². The number of rotatable bonds is 4. The van der Waals surface area contributed by atoms with Gasteiger partial charge in [0.15, 0.2) is 5.78 Å². The zero-order valence-corrected chi connectivity index (χ0v) is 12.5. The Hall–Kier alpha value is -2.66. The predicted octanol–water partition coefficient (Wildman–Crippen LogP) is 3.24. The van der Waals surface area contributed by atoms with Gasteiger partial charge in [0.25, 0.3) is 0 Å². The second-order valence-corrected chi connectivity index (χ2v) is 5.27. The van der Waals surface area contributed by atoms with E-state index in [0.717, 1.165) is 33.4 Å². The maximum atomic E-state index is 11.5. The molecule has 0 amide bonds. The minimum atomic E-state index is -0.153. The number of hydrogen-bond donors (Lipinski definition) is 2. The van der Waals surface area contributed by atoms with E-state index in [4.69, 9.17) is 0 Å². The Labute approximate surface area is 128 Å². The smallest absolute Gasteiger partial charge is 0.160 e. The highest BCUT2D eigenvalue weighted by Crippen LogP contribution is 2.24. The van der Waals surface area contributed by atoms with Crippen molar-refractivity contribution in [3.8, 4) is 0 Å². The van der Waals surface area contributed by atoms with Gasteiger partial charge in [-0.05, 0) is 55.8 Å². The maximum Gasteiger partial charge on any atom is 0.160 e. The van der Waals surface area contributed by atoms with E-state index in [1.807, 2.05) is 43.3 Å². The summed E-state index contributed by atoms with van der Waals surface area (Å²) in [5.41, 5.74) is 4.36. The summed E-state index contributed by atoms with van der Waals surface area (Å²) >= 11 is 0. The van der Waals surface area contributed by atoms with Gasteiger partial charge in [-0.15, -0.1) is 0 Å². The van der Waals surface area contributed by atoms with Gasteiger partial charge >= 0.3 is 0 Å². The lowest BCUT2D eigenvalue weighted by Gasteiger charge is -2.10. The highest BCUT2D eigenvalue weighted by atomic mass is 16.3. The van der Waals surface area contributed by atoms with Gasteiger partial charge in [0.2, 0.25) is 0 Å². The highest BCUT2D eigenvalue weighted by Gasteiger charge is 2.06. The van der Waals surface area contributed by atoms with Crippen LogP contribution in [0.1, 0.15) is 22.8 Å². The monoisotopic (exact) mass is 295 g/mol. The van der Waals surface area contributed by atoms with Crippen molar-refractivity contribution in [2.75, 3.05) is 5.32 Å². The van der Waals surface area contributed by atoms with E-state index >= 15 is 0 Å². The molecular weight excluding hydrogens is 278 g/mol. The molecule has 3 aromatic rings. The molecule has 2 N–H and O–H groups in total. The van der Waals surface area contributed by atoms with Crippen molar-refractivity contribution in [3.63, 3.8) is 0 Å². The summed E-state index contributed by atoms with van der Waals surface area (Å²) in [4.78, 5) is 11.5. The van der Waals surface area contributed by atoms with Crippen LogP contribution in [-0.4, -0.2) is 20.7 Å². The number of carbonyl (C=O) groups is 1. The SMILES string of the molecule is CC(=O)c1ccc(Nc2ccc3cnn(CO)c3c2)cc1C. The van der Waals surface area contributed by atoms with E-state index < -0.39 is 0 Å². The molecule has 0 radical (unpaired) electrons. The minimum Gasteiger partial charge on any atom is -0.374 e. The zero-order valence-electron chi connectivity index (χ0n) is 12.5. The Morgan fingerprint density at radius 1 is 1.23 bits per heavy atom. The standard InChI is InChI=1S/C17H17N3O2/c1-11-7-14(5-6-16(11)12(2)22)19-15-4-3-13-9-18-20(10-21)17(13)8-15/h3-9,19,21H,10H2,1-2H3. The number of nitrogens with one attached hydrogen (secondary N) is 1. The van der Waals surface area contributed by atoms with Crippen LogP contribution in [0.3, 0.4) is 0 Å². The number of fused-ring (bicyclic) bond motifs is 1. The second kappa shape index (κ2) is 5.61. The lowest BCUT2D eigenvalue weighted by atomic mass is 10.0. The number of carbonyl (C=O) groups excluding carboxylic acids is 1. The van der Waals surface area contributed by atoms with E-state index in [0.29, 0.717) is 0 Å². The Bertz CT molecular complexity index is 852. The van der Waals surface area contributed by atoms with Crippen molar-refractivity contribution in [1.82, 2.24) is 9.78 Å². The number of aliphatic hydroxyl groups is 1. The summed E-state index contributed by atoms with van der Waals surface area (Å²) in [5.74, 6) is 0.0670. The molecule has 0 unspecified atom stereocenters. The van der Waals surface area contributed by atoms with E-state index in [1.165, 1.54) is 4.68 Å². The molecule has 2 aromatic carbocycles. The third-order valence-corrected chi connectivity index (χ3v) is 3.67. The summed E-state index contributed by atoms with van der Waals surface area (Å²) in [7, 11) is 0. The van der Waals surface area contributed by atoms with Crippen LogP contribution in [-0.2, 0) is 6.73 Å². The Balaban J connectivity index is 1.92. The molecule has 0 aliphatic heterocycles. The lowest BCUT2D eigenvalue weighted by molar-refractivity contribution is 0.101. The van der Waals surface area contributed by atoms with Gasteiger partial charge in [0.05, 0.1) is 11.7 Å². The predicted molar refractivity (Wildman–Crippen MR) is 86.4 cm³/mol. The van der Waals surface area contributed by atoms with Crippen LogP contribution in [0.4, 0.5) is 11.4 Å².